The van der Waals surface area contributed by atoms with Crippen molar-refractivity contribution in [1.29, 1.82) is 0 Å². The first-order valence-corrected chi connectivity index (χ1v) is 6.74. The smallest absolute Gasteiger partial charge is 0.127 e. The summed E-state index contributed by atoms with van der Waals surface area (Å²) in [6, 6.07) is 1.97. The summed E-state index contributed by atoms with van der Waals surface area (Å²) in [6.45, 7) is 0. The van der Waals surface area contributed by atoms with E-state index in [-0.39, 0.29) is 0 Å². The summed E-state index contributed by atoms with van der Waals surface area (Å²) in [5.41, 5.74) is 12.8. The van der Waals surface area contributed by atoms with Gasteiger partial charge in [0.15, 0.2) is 0 Å². The zero-order chi connectivity index (χ0) is 10.4. The van der Waals surface area contributed by atoms with Gasteiger partial charge in [-0.2, -0.15) is 0 Å². The van der Waals surface area contributed by atoms with Gasteiger partial charge in [0.25, 0.3) is 0 Å². The van der Waals surface area contributed by atoms with Crippen LogP contribution in [-0.4, -0.2) is 4.98 Å². The Morgan fingerprint density at radius 3 is 2.80 bits per heavy atom. The number of fused-ring (bicyclic) bond motifs is 1. The van der Waals surface area contributed by atoms with Gasteiger partial charge in [0, 0.05) is 11.6 Å². The SMILES string of the molecule is Nc1cc2sc(N)c(-c3nccs3)c2s1. The second kappa shape index (κ2) is 3.19. The van der Waals surface area contributed by atoms with Crippen molar-refractivity contribution in [2.45, 2.75) is 0 Å². The van der Waals surface area contributed by atoms with Crippen molar-refractivity contribution in [2.75, 3.05) is 11.5 Å². The Hall–Kier alpha value is -1.11. The lowest BCUT2D eigenvalue weighted by molar-refractivity contribution is 1.43. The Morgan fingerprint density at radius 2 is 2.07 bits per heavy atom. The van der Waals surface area contributed by atoms with E-state index >= 15 is 0 Å². The van der Waals surface area contributed by atoms with Gasteiger partial charge in [-0.1, -0.05) is 0 Å². The van der Waals surface area contributed by atoms with Gasteiger partial charge in [-0.25, -0.2) is 4.98 Å². The molecule has 3 rings (SSSR count). The van der Waals surface area contributed by atoms with E-state index in [2.05, 4.69) is 4.98 Å². The minimum atomic E-state index is 0.825. The maximum atomic E-state index is 5.99. The lowest BCUT2D eigenvalue weighted by atomic mass is 10.3. The summed E-state index contributed by atoms with van der Waals surface area (Å²) in [5, 5.41) is 4.58. The molecule has 76 valence electrons. The highest BCUT2D eigenvalue weighted by atomic mass is 32.1. The van der Waals surface area contributed by atoms with Crippen molar-refractivity contribution in [1.82, 2.24) is 4.98 Å². The molecular weight excluding hydrogens is 246 g/mol. The van der Waals surface area contributed by atoms with Crippen LogP contribution in [0.25, 0.3) is 20.0 Å². The molecule has 3 heterocycles. The van der Waals surface area contributed by atoms with Crippen LogP contribution in [0.5, 0.6) is 0 Å². The third-order valence-corrected chi connectivity index (χ3v) is 4.92. The third kappa shape index (κ3) is 1.33. The fourth-order valence-corrected chi connectivity index (χ4v) is 4.49. The van der Waals surface area contributed by atoms with E-state index in [1.807, 2.05) is 11.4 Å². The van der Waals surface area contributed by atoms with Crippen LogP contribution in [0.3, 0.4) is 0 Å². The Morgan fingerprint density at radius 1 is 1.20 bits per heavy atom. The van der Waals surface area contributed by atoms with Crippen LogP contribution in [0.15, 0.2) is 17.6 Å². The van der Waals surface area contributed by atoms with Gasteiger partial charge < -0.3 is 11.5 Å². The number of anilines is 2. The molecule has 0 spiro atoms. The highest BCUT2D eigenvalue weighted by Crippen LogP contribution is 2.46. The molecule has 0 aliphatic heterocycles. The van der Waals surface area contributed by atoms with Crippen LogP contribution in [0.2, 0.25) is 0 Å². The van der Waals surface area contributed by atoms with E-state index in [4.69, 9.17) is 11.5 Å². The number of hydrogen-bond donors (Lipinski definition) is 2. The largest absolute Gasteiger partial charge is 0.391 e. The number of thiazole rings is 1. The molecule has 6 heteroatoms. The Labute approximate surface area is 98.0 Å². The zero-order valence-corrected chi connectivity index (χ0v) is 10.0. The fourth-order valence-electron chi connectivity index (χ4n) is 1.47. The minimum Gasteiger partial charge on any atom is -0.391 e. The standard InChI is InChI=1S/C9H7N3S3/c10-5-3-4-7(15-5)6(8(11)14-4)9-12-1-2-13-9/h1-3H,10-11H2. The molecule has 0 saturated carbocycles. The summed E-state index contributed by atoms with van der Waals surface area (Å²) < 4.78 is 2.31. The quantitative estimate of drug-likeness (QED) is 0.699. The molecular formula is C9H7N3S3. The number of nitrogen functional groups attached to an aromatic ring is 2. The van der Waals surface area contributed by atoms with Crippen molar-refractivity contribution in [3.05, 3.63) is 17.6 Å². The summed E-state index contributed by atoms with van der Waals surface area (Å²) in [5.74, 6) is 0. The molecule has 15 heavy (non-hydrogen) atoms. The Balaban J connectivity index is 2.37. The molecule has 4 N–H and O–H groups in total. The molecule has 0 aliphatic carbocycles. The molecule has 0 saturated heterocycles. The average molecular weight is 253 g/mol. The van der Waals surface area contributed by atoms with Crippen LogP contribution < -0.4 is 11.5 Å². The molecule has 0 fully saturated rings. The van der Waals surface area contributed by atoms with E-state index in [1.165, 1.54) is 0 Å². The molecule has 0 radical (unpaired) electrons. The van der Waals surface area contributed by atoms with Crippen molar-refractivity contribution in [3.8, 4) is 10.6 Å². The van der Waals surface area contributed by atoms with Crippen molar-refractivity contribution >= 4 is 53.4 Å². The van der Waals surface area contributed by atoms with E-state index in [0.29, 0.717) is 0 Å². The van der Waals surface area contributed by atoms with Crippen LogP contribution >= 0.6 is 34.0 Å². The zero-order valence-electron chi connectivity index (χ0n) is 7.56. The first-order chi connectivity index (χ1) is 7.25. The number of hydrogen-bond acceptors (Lipinski definition) is 6. The molecule has 3 aromatic rings. The fraction of sp³-hybridized carbons (Fsp3) is 0. The molecule has 0 unspecified atom stereocenters. The highest BCUT2D eigenvalue weighted by Gasteiger charge is 2.16. The van der Waals surface area contributed by atoms with Gasteiger partial charge in [0.2, 0.25) is 0 Å². The van der Waals surface area contributed by atoms with Crippen molar-refractivity contribution in [3.63, 3.8) is 0 Å². The number of nitrogens with zero attached hydrogens (tertiary/aromatic N) is 1. The second-order valence-electron chi connectivity index (χ2n) is 3.02. The number of nitrogens with two attached hydrogens (primary N) is 2. The van der Waals surface area contributed by atoms with Crippen molar-refractivity contribution in [2.24, 2.45) is 0 Å². The normalized spacial score (nSPS) is 11.2. The lowest BCUT2D eigenvalue weighted by Crippen LogP contribution is -1.82. The highest BCUT2D eigenvalue weighted by molar-refractivity contribution is 7.33. The summed E-state index contributed by atoms with van der Waals surface area (Å²) in [4.78, 5) is 4.29. The topological polar surface area (TPSA) is 64.9 Å². The minimum absolute atomic E-state index is 0.825. The van der Waals surface area contributed by atoms with Gasteiger partial charge in [-0.15, -0.1) is 34.0 Å². The van der Waals surface area contributed by atoms with E-state index in [0.717, 1.165) is 30.0 Å². The van der Waals surface area contributed by atoms with Gasteiger partial charge in [0.05, 0.1) is 25.0 Å². The third-order valence-electron chi connectivity index (χ3n) is 2.06. The molecule has 0 atom stereocenters. The monoisotopic (exact) mass is 253 g/mol. The molecule has 0 aromatic carbocycles. The van der Waals surface area contributed by atoms with Crippen LogP contribution in [0, 0.1) is 0 Å². The van der Waals surface area contributed by atoms with E-state index in [9.17, 15) is 0 Å². The lowest BCUT2D eigenvalue weighted by Gasteiger charge is -1.93. The van der Waals surface area contributed by atoms with Gasteiger partial charge >= 0.3 is 0 Å². The first kappa shape index (κ1) is 9.14. The van der Waals surface area contributed by atoms with Gasteiger partial charge in [-0.3, -0.25) is 0 Å². The Bertz CT molecular complexity index is 606. The van der Waals surface area contributed by atoms with Crippen molar-refractivity contribution < 1.29 is 0 Å². The molecule has 3 nitrogen and oxygen atoms in total. The van der Waals surface area contributed by atoms with Crippen LogP contribution in [0.1, 0.15) is 0 Å². The summed E-state index contributed by atoms with van der Waals surface area (Å²) >= 11 is 4.75. The number of thiophene rings is 2. The molecule has 0 aliphatic rings. The second-order valence-corrected chi connectivity index (χ2v) is 6.08. The maximum Gasteiger partial charge on any atom is 0.127 e. The molecule has 0 bridgehead atoms. The summed E-state index contributed by atoms with van der Waals surface area (Å²) in [6.07, 6.45) is 1.79. The summed E-state index contributed by atoms with van der Waals surface area (Å²) in [7, 11) is 0. The molecule has 3 aromatic heterocycles. The van der Waals surface area contributed by atoms with Gasteiger partial charge in [-0.05, 0) is 6.07 Å². The van der Waals surface area contributed by atoms with Gasteiger partial charge in [0.1, 0.15) is 5.01 Å². The van der Waals surface area contributed by atoms with E-state index < -0.39 is 0 Å². The predicted molar refractivity (Wildman–Crippen MR) is 69.6 cm³/mol. The Kier molecular flexibility index (Phi) is 1.95. The van der Waals surface area contributed by atoms with Crippen LogP contribution in [0.4, 0.5) is 10.0 Å². The first-order valence-electron chi connectivity index (χ1n) is 4.23. The predicted octanol–water partition coefficient (Wildman–Crippen LogP) is 3.25. The average Bonchev–Trinajstić information content (AvgIpc) is 2.80. The van der Waals surface area contributed by atoms with Crippen LogP contribution in [-0.2, 0) is 0 Å². The van der Waals surface area contributed by atoms with E-state index in [1.54, 1.807) is 40.2 Å². The maximum absolute atomic E-state index is 5.99. The number of aromatic nitrogens is 1. The molecule has 0 amide bonds. The number of rotatable bonds is 1.